The van der Waals surface area contributed by atoms with Gasteiger partial charge in [-0.3, -0.25) is 19.8 Å². The van der Waals surface area contributed by atoms with E-state index in [0.29, 0.717) is 11.1 Å². The second-order valence-corrected chi connectivity index (χ2v) is 7.13. The number of nitrogens with two attached hydrogens (primary N) is 1. The molecule has 0 radical (unpaired) electrons. The molecule has 150 valence electrons. The van der Waals surface area contributed by atoms with E-state index in [0.717, 1.165) is 56.2 Å². The van der Waals surface area contributed by atoms with E-state index < -0.39 is 5.91 Å². The van der Waals surface area contributed by atoms with Crippen LogP contribution in [0.4, 0.5) is 11.6 Å². The SMILES string of the molecule is NC(=O)c1cccc2nc(N3CCN(CCc4ccc([N+](=O)[O-])cc4)CC3)[nH]c12. The van der Waals surface area contributed by atoms with E-state index in [1.165, 1.54) is 0 Å². The number of nitrogens with one attached hydrogen (secondary N) is 1. The van der Waals surface area contributed by atoms with E-state index in [9.17, 15) is 14.9 Å². The Morgan fingerprint density at radius 2 is 1.86 bits per heavy atom. The maximum Gasteiger partial charge on any atom is 0.269 e. The van der Waals surface area contributed by atoms with Gasteiger partial charge in [-0.2, -0.15) is 0 Å². The van der Waals surface area contributed by atoms with Crippen LogP contribution in [-0.4, -0.2) is 58.4 Å². The topological polar surface area (TPSA) is 121 Å². The number of H-pyrrole nitrogens is 1. The van der Waals surface area contributed by atoms with Crippen LogP contribution < -0.4 is 10.6 Å². The molecule has 1 aliphatic rings. The number of anilines is 1. The molecule has 1 amide bonds. The molecule has 0 aliphatic carbocycles. The monoisotopic (exact) mass is 394 g/mol. The molecule has 1 aliphatic heterocycles. The molecule has 0 bridgehead atoms. The molecular formula is C20H22N6O3. The Kier molecular flexibility index (Phi) is 5.13. The van der Waals surface area contributed by atoms with E-state index >= 15 is 0 Å². The molecule has 0 saturated carbocycles. The number of nitrogens with zero attached hydrogens (tertiary/aromatic N) is 4. The van der Waals surface area contributed by atoms with Gasteiger partial charge in [0.2, 0.25) is 5.95 Å². The van der Waals surface area contributed by atoms with Gasteiger partial charge in [0.25, 0.3) is 11.6 Å². The van der Waals surface area contributed by atoms with Crippen LogP contribution >= 0.6 is 0 Å². The van der Waals surface area contributed by atoms with Crippen molar-refractivity contribution < 1.29 is 9.72 Å². The predicted molar refractivity (Wildman–Crippen MR) is 110 cm³/mol. The van der Waals surface area contributed by atoms with Crippen LogP contribution in [0.2, 0.25) is 0 Å². The molecule has 1 saturated heterocycles. The van der Waals surface area contributed by atoms with Crippen LogP contribution in [0.1, 0.15) is 15.9 Å². The Bertz CT molecular complexity index is 1040. The lowest BCUT2D eigenvalue weighted by Crippen LogP contribution is -2.47. The Hall–Kier alpha value is -3.46. The summed E-state index contributed by atoms with van der Waals surface area (Å²) in [4.78, 5) is 34.4. The molecule has 2 heterocycles. The Morgan fingerprint density at radius 1 is 1.14 bits per heavy atom. The smallest absolute Gasteiger partial charge is 0.269 e. The number of non-ortho nitro benzene ring substituents is 1. The largest absolute Gasteiger partial charge is 0.366 e. The van der Waals surface area contributed by atoms with Gasteiger partial charge in [0, 0.05) is 44.9 Å². The lowest BCUT2D eigenvalue weighted by Gasteiger charge is -2.34. The standard InChI is InChI=1S/C20H22N6O3/c21-19(27)16-2-1-3-17-18(16)23-20(22-17)25-12-10-24(11-13-25)9-8-14-4-6-15(7-5-14)26(28)29/h1-7H,8-13H2,(H2,21,27)(H,22,23). The van der Waals surface area contributed by atoms with Gasteiger partial charge in [0.1, 0.15) is 0 Å². The van der Waals surface area contributed by atoms with Crippen LogP contribution in [0.5, 0.6) is 0 Å². The number of nitro groups is 1. The van der Waals surface area contributed by atoms with Crippen molar-refractivity contribution in [2.75, 3.05) is 37.6 Å². The molecule has 9 heteroatoms. The average molecular weight is 394 g/mol. The summed E-state index contributed by atoms with van der Waals surface area (Å²) in [6, 6.07) is 12.1. The third-order valence-corrected chi connectivity index (χ3v) is 5.31. The summed E-state index contributed by atoms with van der Waals surface area (Å²) in [5.41, 5.74) is 8.52. The maximum atomic E-state index is 11.6. The lowest BCUT2D eigenvalue weighted by molar-refractivity contribution is -0.384. The lowest BCUT2D eigenvalue weighted by atomic mass is 10.1. The van der Waals surface area contributed by atoms with E-state index in [4.69, 9.17) is 5.73 Å². The molecule has 0 atom stereocenters. The van der Waals surface area contributed by atoms with Crippen LogP contribution in [-0.2, 0) is 6.42 Å². The summed E-state index contributed by atoms with van der Waals surface area (Å²) in [6.45, 7) is 4.34. The normalized spacial score (nSPS) is 15.0. The number of aromatic amines is 1. The molecule has 3 N–H and O–H groups in total. The number of piperazine rings is 1. The zero-order chi connectivity index (χ0) is 20.4. The van der Waals surface area contributed by atoms with Crippen molar-refractivity contribution >= 4 is 28.6 Å². The van der Waals surface area contributed by atoms with Gasteiger partial charge in [0.15, 0.2) is 0 Å². The average Bonchev–Trinajstić information content (AvgIpc) is 3.17. The van der Waals surface area contributed by atoms with Crippen molar-refractivity contribution in [1.82, 2.24) is 14.9 Å². The van der Waals surface area contributed by atoms with Gasteiger partial charge >= 0.3 is 0 Å². The molecule has 1 fully saturated rings. The number of rotatable bonds is 6. The zero-order valence-corrected chi connectivity index (χ0v) is 15.9. The van der Waals surface area contributed by atoms with Crippen LogP contribution in [0.15, 0.2) is 42.5 Å². The number of benzene rings is 2. The van der Waals surface area contributed by atoms with Crippen LogP contribution in [0.25, 0.3) is 11.0 Å². The van der Waals surface area contributed by atoms with Gasteiger partial charge in [-0.1, -0.05) is 18.2 Å². The number of imidazole rings is 1. The summed E-state index contributed by atoms with van der Waals surface area (Å²) in [5, 5.41) is 10.7. The third kappa shape index (κ3) is 4.04. The summed E-state index contributed by atoms with van der Waals surface area (Å²) in [6.07, 6.45) is 0.852. The molecule has 2 aromatic carbocycles. The number of aromatic nitrogens is 2. The highest BCUT2D eigenvalue weighted by Crippen LogP contribution is 2.22. The number of primary amides is 1. The van der Waals surface area contributed by atoms with Crippen molar-refractivity contribution in [3.63, 3.8) is 0 Å². The second kappa shape index (κ2) is 7.88. The van der Waals surface area contributed by atoms with Crippen molar-refractivity contribution in [3.8, 4) is 0 Å². The first kappa shape index (κ1) is 18.9. The third-order valence-electron chi connectivity index (χ3n) is 5.31. The first-order valence-corrected chi connectivity index (χ1v) is 9.50. The van der Waals surface area contributed by atoms with Crippen molar-refractivity contribution in [2.24, 2.45) is 5.73 Å². The molecule has 4 rings (SSSR count). The zero-order valence-electron chi connectivity index (χ0n) is 15.9. The summed E-state index contributed by atoms with van der Waals surface area (Å²) >= 11 is 0. The highest BCUT2D eigenvalue weighted by atomic mass is 16.6. The molecule has 0 unspecified atom stereocenters. The first-order valence-electron chi connectivity index (χ1n) is 9.50. The first-order chi connectivity index (χ1) is 14.0. The van der Waals surface area contributed by atoms with Crippen LogP contribution in [0.3, 0.4) is 0 Å². The van der Waals surface area contributed by atoms with Gasteiger partial charge in [-0.25, -0.2) is 4.98 Å². The second-order valence-electron chi connectivity index (χ2n) is 7.13. The van der Waals surface area contributed by atoms with Crippen LogP contribution in [0, 0.1) is 10.1 Å². The minimum Gasteiger partial charge on any atom is -0.366 e. The number of fused-ring (bicyclic) bond motifs is 1. The minimum atomic E-state index is -0.470. The van der Waals surface area contributed by atoms with E-state index in [-0.39, 0.29) is 10.6 Å². The maximum absolute atomic E-state index is 11.6. The highest BCUT2D eigenvalue weighted by molar-refractivity contribution is 6.04. The van der Waals surface area contributed by atoms with Gasteiger partial charge < -0.3 is 15.6 Å². The predicted octanol–water partition coefficient (Wildman–Crippen LogP) is 1.93. The fourth-order valence-corrected chi connectivity index (χ4v) is 3.63. The number of nitro benzene ring substituents is 1. The Balaban J connectivity index is 1.34. The minimum absolute atomic E-state index is 0.118. The molecular weight excluding hydrogens is 372 g/mol. The van der Waals surface area contributed by atoms with Crippen molar-refractivity contribution in [1.29, 1.82) is 0 Å². The number of carbonyl (C=O) groups is 1. The Morgan fingerprint density at radius 3 is 2.52 bits per heavy atom. The van der Waals surface area contributed by atoms with E-state index in [2.05, 4.69) is 19.8 Å². The highest BCUT2D eigenvalue weighted by Gasteiger charge is 2.20. The molecule has 0 spiro atoms. The fourth-order valence-electron chi connectivity index (χ4n) is 3.63. The van der Waals surface area contributed by atoms with Gasteiger partial charge in [-0.15, -0.1) is 0 Å². The van der Waals surface area contributed by atoms with Gasteiger partial charge in [0.05, 0.1) is 21.5 Å². The Labute approximate surface area is 167 Å². The molecule has 1 aromatic heterocycles. The molecule has 3 aromatic rings. The fraction of sp³-hybridized carbons (Fsp3) is 0.300. The van der Waals surface area contributed by atoms with Crippen molar-refractivity contribution in [2.45, 2.75) is 6.42 Å². The summed E-state index contributed by atoms with van der Waals surface area (Å²) in [5.74, 6) is 0.283. The number of carbonyl (C=O) groups excluding carboxylic acids is 1. The number of para-hydroxylation sites is 1. The van der Waals surface area contributed by atoms with Gasteiger partial charge in [-0.05, 0) is 24.1 Å². The molecule has 29 heavy (non-hydrogen) atoms. The number of hydrogen-bond acceptors (Lipinski definition) is 6. The molecule has 9 nitrogen and oxygen atoms in total. The summed E-state index contributed by atoms with van der Waals surface area (Å²) in [7, 11) is 0. The number of hydrogen-bond donors (Lipinski definition) is 2. The number of amides is 1. The van der Waals surface area contributed by atoms with E-state index in [1.807, 2.05) is 18.2 Å². The van der Waals surface area contributed by atoms with E-state index in [1.54, 1.807) is 24.3 Å². The van der Waals surface area contributed by atoms with Crippen molar-refractivity contribution in [3.05, 3.63) is 63.7 Å². The summed E-state index contributed by atoms with van der Waals surface area (Å²) < 4.78 is 0. The quantitative estimate of drug-likeness (QED) is 0.487.